The Morgan fingerprint density at radius 1 is 1.06 bits per heavy atom. The summed E-state index contributed by atoms with van der Waals surface area (Å²) < 4.78 is 15.7. The molecular formula is C28H44FN3O3. The number of ketones is 1. The Balaban J connectivity index is 0.00000241. The van der Waals surface area contributed by atoms with E-state index in [1.807, 2.05) is 18.7 Å². The van der Waals surface area contributed by atoms with Gasteiger partial charge in [0.15, 0.2) is 5.78 Å². The lowest BCUT2D eigenvalue weighted by Crippen LogP contribution is -2.48. The molecule has 6 nitrogen and oxygen atoms in total. The molecule has 2 saturated carbocycles. The van der Waals surface area contributed by atoms with Gasteiger partial charge < -0.3 is 15.5 Å². The standard InChI is InChI=1S/C28H40FN3O3.2H2/c1-18(2)27(34)26(19-8-4-3-5-9-19)31-28(35)23-12-6-11-22(25(23)29)20-10-7-15-32(17-20)24(33)16-30-21-13-14-21;;/h6,11-12,18-21,26,30H,3-5,7-10,13-17H2,1-2H3,(H,31,35);2*1H/t20?,26-;;/m1../s1. The molecule has 1 saturated heterocycles. The monoisotopic (exact) mass is 489 g/mol. The second-order valence-corrected chi connectivity index (χ2v) is 10.9. The first kappa shape index (κ1) is 25.8. The molecule has 2 N–H and O–H groups in total. The van der Waals surface area contributed by atoms with Gasteiger partial charge in [0.1, 0.15) is 5.82 Å². The highest BCUT2D eigenvalue weighted by atomic mass is 19.1. The minimum Gasteiger partial charge on any atom is -0.342 e. The maximum atomic E-state index is 15.7. The minimum absolute atomic E-state index is 0. The molecule has 1 aromatic rings. The van der Waals surface area contributed by atoms with Crippen molar-refractivity contribution in [3.63, 3.8) is 0 Å². The molecular weight excluding hydrogens is 445 g/mol. The van der Waals surface area contributed by atoms with Crippen LogP contribution in [0.15, 0.2) is 18.2 Å². The molecule has 35 heavy (non-hydrogen) atoms. The predicted octanol–water partition coefficient (Wildman–Crippen LogP) is 4.68. The van der Waals surface area contributed by atoms with Crippen LogP contribution >= 0.6 is 0 Å². The van der Waals surface area contributed by atoms with Crippen molar-refractivity contribution >= 4 is 17.6 Å². The van der Waals surface area contributed by atoms with Gasteiger partial charge in [0.05, 0.1) is 18.2 Å². The molecule has 2 atom stereocenters. The molecule has 1 aliphatic heterocycles. The Hall–Kier alpha value is -2.28. The van der Waals surface area contributed by atoms with Gasteiger partial charge in [-0.25, -0.2) is 4.39 Å². The van der Waals surface area contributed by atoms with Gasteiger partial charge in [-0.3, -0.25) is 14.4 Å². The fraction of sp³-hybridized carbons (Fsp3) is 0.679. The number of benzene rings is 1. The second-order valence-electron chi connectivity index (χ2n) is 10.9. The summed E-state index contributed by atoms with van der Waals surface area (Å²) >= 11 is 0. The maximum Gasteiger partial charge on any atom is 0.254 e. The Labute approximate surface area is 211 Å². The van der Waals surface area contributed by atoms with Gasteiger partial charge in [0, 0.05) is 33.8 Å². The van der Waals surface area contributed by atoms with Crippen molar-refractivity contribution < 1.29 is 21.6 Å². The van der Waals surface area contributed by atoms with E-state index in [9.17, 15) is 14.4 Å². The topological polar surface area (TPSA) is 78.5 Å². The molecule has 196 valence electrons. The van der Waals surface area contributed by atoms with Crippen molar-refractivity contribution in [1.29, 1.82) is 0 Å². The van der Waals surface area contributed by atoms with E-state index in [2.05, 4.69) is 10.6 Å². The zero-order chi connectivity index (χ0) is 24.9. The van der Waals surface area contributed by atoms with Crippen LogP contribution in [0, 0.1) is 17.7 Å². The summed E-state index contributed by atoms with van der Waals surface area (Å²) in [5, 5.41) is 6.17. The molecule has 0 aromatic heterocycles. The number of halogens is 1. The summed E-state index contributed by atoms with van der Waals surface area (Å²) in [7, 11) is 0. The molecule has 0 radical (unpaired) electrons. The van der Waals surface area contributed by atoms with E-state index in [-0.39, 0.29) is 37.9 Å². The number of carbonyl (C=O) groups is 3. The zero-order valence-corrected chi connectivity index (χ0v) is 21.2. The van der Waals surface area contributed by atoms with Crippen molar-refractivity contribution in [2.75, 3.05) is 19.6 Å². The number of nitrogens with one attached hydrogen (secondary N) is 2. The van der Waals surface area contributed by atoms with Gasteiger partial charge in [-0.1, -0.05) is 45.2 Å². The number of piperidine rings is 1. The quantitative estimate of drug-likeness (QED) is 0.528. The number of hydrogen-bond donors (Lipinski definition) is 2. The third-order valence-electron chi connectivity index (χ3n) is 7.89. The normalized spacial score (nSPS) is 22.2. The summed E-state index contributed by atoms with van der Waals surface area (Å²) in [6.45, 7) is 5.17. The van der Waals surface area contributed by atoms with Crippen molar-refractivity contribution in [2.24, 2.45) is 11.8 Å². The van der Waals surface area contributed by atoms with Crippen LogP contribution in [0.4, 0.5) is 4.39 Å². The molecule has 1 aromatic carbocycles. The van der Waals surface area contributed by atoms with Crippen molar-refractivity contribution in [1.82, 2.24) is 15.5 Å². The van der Waals surface area contributed by atoms with Crippen molar-refractivity contribution in [3.05, 3.63) is 35.1 Å². The molecule has 2 amide bonds. The highest BCUT2D eigenvalue weighted by Crippen LogP contribution is 2.31. The van der Waals surface area contributed by atoms with Crippen LogP contribution in [0.3, 0.4) is 0 Å². The van der Waals surface area contributed by atoms with Crippen molar-refractivity contribution in [2.45, 2.75) is 89.6 Å². The maximum absolute atomic E-state index is 15.7. The smallest absolute Gasteiger partial charge is 0.254 e. The average molecular weight is 490 g/mol. The molecule has 2 aliphatic carbocycles. The van der Waals surface area contributed by atoms with Crippen LogP contribution in [0.1, 0.15) is 96.3 Å². The zero-order valence-electron chi connectivity index (χ0n) is 21.2. The van der Waals surface area contributed by atoms with Crippen LogP contribution < -0.4 is 10.6 Å². The molecule has 4 rings (SSSR count). The van der Waals surface area contributed by atoms with Gasteiger partial charge in [-0.15, -0.1) is 0 Å². The van der Waals surface area contributed by atoms with Gasteiger partial charge in [0.25, 0.3) is 5.91 Å². The van der Waals surface area contributed by atoms with Crippen LogP contribution in [-0.2, 0) is 9.59 Å². The molecule has 1 unspecified atom stereocenters. The van der Waals surface area contributed by atoms with E-state index in [0.717, 1.165) is 57.8 Å². The molecule has 1 heterocycles. The van der Waals surface area contributed by atoms with E-state index in [1.165, 1.54) is 6.07 Å². The fourth-order valence-corrected chi connectivity index (χ4v) is 5.60. The average Bonchev–Trinajstić information content (AvgIpc) is 3.70. The summed E-state index contributed by atoms with van der Waals surface area (Å²) in [6, 6.07) is 4.82. The SMILES string of the molecule is CC(C)C(=O)[C@H](NC(=O)c1cccc(C2CCCN(C(=O)CNC3CC3)C2)c1F)C1CCCCC1.[HH].[HH]. The van der Waals surface area contributed by atoms with E-state index >= 15 is 4.39 Å². The highest BCUT2D eigenvalue weighted by Gasteiger charge is 2.34. The number of hydrogen-bond acceptors (Lipinski definition) is 4. The first-order valence-electron chi connectivity index (χ1n) is 13.5. The number of nitrogens with zero attached hydrogens (tertiary/aromatic N) is 1. The first-order valence-corrected chi connectivity index (χ1v) is 13.5. The highest BCUT2D eigenvalue weighted by molar-refractivity contribution is 5.98. The number of amides is 2. The van der Waals surface area contributed by atoms with E-state index < -0.39 is 17.8 Å². The lowest BCUT2D eigenvalue weighted by atomic mass is 9.80. The van der Waals surface area contributed by atoms with Gasteiger partial charge in [0.2, 0.25) is 5.91 Å². The Kier molecular flexibility index (Phi) is 8.58. The summed E-state index contributed by atoms with van der Waals surface area (Å²) in [6.07, 6.45) is 8.92. The van der Waals surface area contributed by atoms with Crippen LogP contribution in [0.5, 0.6) is 0 Å². The minimum atomic E-state index is -0.576. The Bertz CT molecular complexity index is 935. The molecule has 0 spiro atoms. The Morgan fingerprint density at radius 2 is 1.80 bits per heavy atom. The summed E-state index contributed by atoms with van der Waals surface area (Å²) in [5.41, 5.74) is 0.466. The lowest BCUT2D eigenvalue weighted by Gasteiger charge is -2.33. The lowest BCUT2D eigenvalue weighted by molar-refractivity contribution is -0.131. The van der Waals surface area contributed by atoms with Crippen molar-refractivity contribution in [3.8, 4) is 0 Å². The number of rotatable bonds is 9. The van der Waals surface area contributed by atoms with E-state index in [4.69, 9.17) is 0 Å². The van der Waals surface area contributed by atoms with Gasteiger partial charge in [-0.2, -0.15) is 0 Å². The molecule has 3 fully saturated rings. The van der Waals surface area contributed by atoms with Gasteiger partial charge in [-0.05, 0) is 56.1 Å². The first-order chi connectivity index (χ1) is 16.8. The largest absolute Gasteiger partial charge is 0.342 e. The number of carbonyl (C=O) groups excluding carboxylic acids is 3. The Morgan fingerprint density at radius 3 is 2.49 bits per heavy atom. The van der Waals surface area contributed by atoms with Gasteiger partial charge >= 0.3 is 0 Å². The molecule has 7 heteroatoms. The van der Waals surface area contributed by atoms with E-state index in [1.54, 1.807) is 12.1 Å². The number of likely N-dealkylation sites (tertiary alicyclic amines) is 1. The number of Topliss-reactive ketones (excluding diaryl/α,β-unsaturated/α-hetero) is 1. The molecule has 0 bridgehead atoms. The van der Waals surface area contributed by atoms with Crippen LogP contribution in [-0.4, -0.2) is 54.2 Å². The van der Waals surface area contributed by atoms with Crippen LogP contribution in [0.25, 0.3) is 0 Å². The fourth-order valence-electron chi connectivity index (χ4n) is 5.60. The third kappa shape index (κ3) is 6.49. The molecule has 3 aliphatic rings. The summed E-state index contributed by atoms with van der Waals surface area (Å²) in [4.78, 5) is 40.6. The predicted molar refractivity (Wildman–Crippen MR) is 138 cm³/mol. The third-order valence-corrected chi connectivity index (χ3v) is 7.89. The van der Waals surface area contributed by atoms with Crippen LogP contribution in [0.2, 0.25) is 0 Å². The second kappa shape index (κ2) is 11.6. The summed E-state index contributed by atoms with van der Waals surface area (Å²) in [5.74, 6) is -1.21. The van der Waals surface area contributed by atoms with E-state index in [0.29, 0.717) is 31.2 Å².